The molecule has 6 heteroatoms. The van der Waals surface area contributed by atoms with Crippen LogP contribution in [0.4, 0.5) is 0 Å². The normalized spacial score (nSPS) is 23.4. The molecule has 2 aliphatic rings. The molecule has 0 saturated carbocycles. The number of aryl methyl sites for hydroxylation is 2. The fourth-order valence-corrected chi connectivity index (χ4v) is 4.98. The summed E-state index contributed by atoms with van der Waals surface area (Å²) in [5, 5.41) is 11.1. The second-order valence-electron chi connectivity index (χ2n) is 7.59. The van der Waals surface area contributed by atoms with Crippen LogP contribution in [0.2, 0.25) is 0 Å². The van der Waals surface area contributed by atoms with Crippen molar-refractivity contribution in [2.45, 2.75) is 50.8 Å². The van der Waals surface area contributed by atoms with E-state index in [1.54, 1.807) is 11.8 Å². The van der Waals surface area contributed by atoms with Crippen molar-refractivity contribution in [1.82, 2.24) is 20.4 Å². The lowest BCUT2D eigenvalue weighted by molar-refractivity contribution is 0.00387. The lowest BCUT2D eigenvalue weighted by Gasteiger charge is -2.40. The standard InChI is InChI=1S/C21H28N4O2/c1-4-25-17(13-14(2)24-25)20(26)23-18-15-7-5-6-8-16(15)21(19(18)27-3)9-11-22-12-10-21/h5-8,13,18-19,22H,4,9-12H2,1-3H3,(H,23,26)/t18-,19+/m0/s1. The summed E-state index contributed by atoms with van der Waals surface area (Å²) in [5.74, 6) is -0.0923. The van der Waals surface area contributed by atoms with E-state index in [0.717, 1.165) is 31.6 Å². The van der Waals surface area contributed by atoms with Crippen molar-refractivity contribution in [1.29, 1.82) is 0 Å². The van der Waals surface area contributed by atoms with Gasteiger partial charge >= 0.3 is 0 Å². The maximum atomic E-state index is 13.1. The number of methoxy groups -OCH3 is 1. The molecule has 1 spiro atoms. The van der Waals surface area contributed by atoms with Gasteiger partial charge < -0.3 is 15.4 Å². The summed E-state index contributed by atoms with van der Waals surface area (Å²) < 4.78 is 7.79. The maximum absolute atomic E-state index is 13.1. The summed E-state index contributed by atoms with van der Waals surface area (Å²) in [6, 6.07) is 10.2. The Morgan fingerprint density at radius 3 is 2.81 bits per heavy atom. The zero-order valence-corrected chi connectivity index (χ0v) is 16.3. The molecule has 1 aliphatic carbocycles. The average molecular weight is 368 g/mol. The molecular formula is C21H28N4O2. The zero-order chi connectivity index (χ0) is 19.0. The number of nitrogens with one attached hydrogen (secondary N) is 2. The number of amides is 1. The van der Waals surface area contributed by atoms with Crippen molar-refractivity contribution in [3.8, 4) is 0 Å². The van der Waals surface area contributed by atoms with Crippen molar-refractivity contribution in [2.75, 3.05) is 20.2 Å². The molecule has 144 valence electrons. The van der Waals surface area contributed by atoms with Crippen LogP contribution in [0.15, 0.2) is 30.3 Å². The lowest BCUT2D eigenvalue weighted by atomic mass is 9.72. The maximum Gasteiger partial charge on any atom is 0.270 e. The van der Waals surface area contributed by atoms with E-state index in [0.29, 0.717) is 12.2 Å². The summed E-state index contributed by atoms with van der Waals surface area (Å²) in [6.45, 7) is 6.51. The minimum Gasteiger partial charge on any atom is -0.378 e. The minimum absolute atomic E-state index is 0.0462. The van der Waals surface area contributed by atoms with E-state index in [1.165, 1.54) is 11.1 Å². The number of nitrogens with zero attached hydrogens (tertiary/aromatic N) is 2. The van der Waals surface area contributed by atoms with Crippen LogP contribution in [-0.4, -0.2) is 42.0 Å². The van der Waals surface area contributed by atoms with Gasteiger partial charge in [0.25, 0.3) is 5.91 Å². The molecule has 4 rings (SSSR count). The Labute approximate surface area is 160 Å². The highest BCUT2D eigenvalue weighted by molar-refractivity contribution is 5.93. The molecule has 2 atom stereocenters. The van der Waals surface area contributed by atoms with Gasteiger partial charge in [0.05, 0.1) is 17.8 Å². The smallest absolute Gasteiger partial charge is 0.270 e. The topological polar surface area (TPSA) is 68.2 Å². The summed E-state index contributed by atoms with van der Waals surface area (Å²) in [5.41, 5.74) is 3.92. The van der Waals surface area contributed by atoms with Crippen LogP contribution in [0.3, 0.4) is 0 Å². The second kappa shape index (κ2) is 7.09. The fraction of sp³-hybridized carbons (Fsp3) is 0.524. The third-order valence-electron chi connectivity index (χ3n) is 6.15. The van der Waals surface area contributed by atoms with Gasteiger partial charge in [0.1, 0.15) is 5.69 Å². The van der Waals surface area contributed by atoms with Gasteiger partial charge in [-0.25, -0.2) is 0 Å². The van der Waals surface area contributed by atoms with Crippen molar-refractivity contribution in [3.63, 3.8) is 0 Å². The predicted molar refractivity (Wildman–Crippen MR) is 104 cm³/mol. The van der Waals surface area contributed by atoms with Crippen LogP contribution >= 0.6 is 0 Å². The first kappa shape index (κ1) is 18.2. The van der Waals surface area contributed by atoms with E-state index >= 15 is 0 Å². The Kier molecular flexibility index (Phi) is 4.78. The zero-order valence-electron chi connectivity index (χ0n) is 16.3. The molecule has 1 amide bonds. The van der Waals surface area contributed by atoms with Crippen molar-refractivity contribution in [3.05, 3.63) is 52.8 Å². The quantitative estimate of drug-likeness (QED) is 0.869. The highest BCUT2D eigenvalue weighted by atomic mass is 16.5. The van der Waals surface area contributed by atoms with Crippen LogP contribution in [-0.2, 0) is 16.7 Å². The number of fused-ring (bicyclic) bond motifs is 2. The van der Waals surface area contributed by atoms with E-state index in [4.69, 9.17) is 4.74 Å². The molecule has 1 aromatic heterocycles. The Morgan fingerprint density at radius 2 is 2.11 bits per heavy atom. The van der Waals surface area contributed by atoms with Crippen LogP contribution in [0.5, 0.6) is 0 Å². The van der Waals surface area contributed by atoms with Gasteiger partial charge in [-0.1, -0.05) is 24.3 Å². The predicted octanol–water partition coefficient (Wildman–Crippen LogP) is 2.33. The van der Waals surface area contributed by atoms with Gasteiger partial charge in [-0.05, 0) is 57.0 Å². The Balaban J connectivity index is 1.70. The molecule has 2 N–H and O–H groups in total. The van der Waals surface area contributed by atoms with E-state index in [2.05, 4.69) is 33.9 Å². The van der Waals surface area contributed by atoms with Crippen LogP contribution in [0.25, 0.3) is 0 Å². The first-order chi connectivity index (χ1) is 13.1. The highest BCUT2D eigenvalue weighted by Gasteiger charge is 2.53. The molecule has 27 heavy (non-hydrogen) atoms. The Morgan fingerprint density at radius 1 is 1.37 bits per heavy atom. The van der Waals surface area contributed by atoms with Gasteiger partial charge in [-0.2, -0.15) is 5.10 Å². The fourth-order valence-electron chi connectivity index (χ4n) is 4.98. The van der Waals surface area contributed by atoms with E-state index in [1.807, 2.05) is 26.0 Å². The number of carbonyl (C=O) groups is 1. The third-order valence-corrected chi connectivity index (χ3v) is 6.15. The van der Waals surface area contributed by atoms with E-state index < -0.39 is 0 Å². The van der Waals surface area contributed by atoms with E-state index in [-0.39, 0.29) is 23.5 Å². The molecule has 0 unspecified atom stereocenters. The number of hydrogen-bond acceptors (Lipinski definition) is 4. The molecule has 1 aliphatic heterocycles. The van der Waals surface area contributed by atoms with Crippen LogP contribution < -0.4 is 10.6 Å². The first-order valence-corrected chi connectivity index (χ1v) is 9.79. The molecule has 0 bridgehead atoms. The molecule has 0 radical (unpaired) electrons. The first-order valence-electron chi connectivity index (χ1n) is 9.79. The molecule has 2 heterocycles. The Bertz CT molecular complexity index is 838. The number of benzene rings is 1. The average Bonchev–Trinajstić information content (AvgIpc) is 3.19. The minimum atomic E-state index is -0.155. The SMILES string of the molecule is CCn1nc(C)cc1C(=O)N[C@H]1c2ccccc2C2(CCNCC2)[C@@H]1OC. The molecule has 1 fully saturated rings. The van der Waals surface area contributed by atoms with Gasteiger partial charge in [0.2, 0.25) is 0 Å². The van der Waals surface area contributed by atoms with Crippen molar-refractivity contribution >= 4 is 5.91 Å². The number of ether oxygens (including phenoxy) is 1. The summed E-state index contributed by atoms with van der Waals surface area (Å²) in [6.07, 6.45) is 1.96. The number of piperidine rings is 1. The third kappa shape index (κ3) is 2.87. The van der Waals surface area contributed by atoms with Gasteiger partial charge in [0.15, 0.2) is 0 Å². The monoisotopic (exact) mass is 368 g/mol. The molecule has 6 nitrogen and oxygen atoms in total. The molecule has 2 aromatic rings. The molecule has 1 saturated heterocycles. The molecule has 1 aromatic carbocycles. The molecular weight excluding hydrogens is 340 g/mol. The highest BCUT2D eigenvalue weighted by Crippen LogP contribution is 2.51. The lowest BCUT2D eigenvalue weighted by Crippen LogP contribution is -2.49. The number of carbonyl (C=O) groups excluding carboxylic acids is 1. The van der Waals surface area contributed by atoms with Crippen molar-refractivity contribution < 1.29 is 9.53 Å². The van der Waals surface area contributed by atoms with Crippen LogP contribution in [0, 0.1) is 6.92 Å². The summed E-state index contributed by atoms with van der Waals surface area (Å²) in [4.78, 5) is 13.1. The van der Waals surface area contributed by atoms with Gasteiger partial charge in [0, 0.05) is 19.1 Å². The van der Waals surface area contributed by atoms with Gasteiger partial charge in [-0.15, -0.1) is 0 Å². The van der Waals surface area contributed by atoms with Crippen molar-refractivity contribution in [2.24, 2.45) is 0 Å². The Hall–Kier alpha value is -2.18. The van der Waals surface area contributed by atoms with Crippen LogP contribution in [0.1, 0.15) is 53.1 Å². The number of rotatable bonds is 4. The number of aromatic nitrogens is 2. The largest absolute Gasteiger partial charge is 0.378 e. The second-order valence-corrected chi connectivity index (χ2v) is 7.59. The summed E-state index contributed by atoms with van der Waals surface area (Å²) >= 11 is 0. The van der Waals surface area contributed by atoms with E-state index in [9.17, 15) is 4.79 Å². The summed E-state index contributed by atoms with van der Waals surface area (Å²) in [7, 11) is 1.76. The van der Waals surface area contributed by atoms with Gasteiger partial charge in [-0.3, -0.25) is 9.48 Å². The number of hydrogen-bond donors (Lipinski definition) is 2.